The van der Waals surface area contributed by atoms with E-state index >= 15 is 0 Å². The van der Waals surface area contributed by atoms with Gasteiger partial charge in [-0.1, -0.05) is 26.0 Å². The number of aryl methyl sites for hydroxylation is 2. The van der Waals surface area contributed by atoms with E-state index in [2.05, 4.69) is 44.3 Å². The first-order chi connectivity index (χ1) is 21.0. The number of ether oxygens (including phenoxy) is 2. The normalized spacial score (nSPS) is 11.4. The Morgan fingerprint density at radius 3 is 1.44 bits per heavy atom. The summed E-state index contributed by atoms with van der Waals surface area (Å²) in [5, 5.41) is 17.3. The van der Waals surface area contributed by atoms with Crippen molar-refractivity contribution in [3.8, 4) is 34.1 Å². The molecule has 0 radical (unpaired) electrons. The smallest absolute Gasteiger partial charge is 0.174 e. The maximum Gasteiger partial charge on any atom is 0.174 e. The first-order valence-electron chi connectivity index (χ1n) is 14.4. The standard InChI is InChI=1S/C34H34N6O3/c1-5-17-41-31-19-25(37-39-33-15-7-23(3)21-35-33)9-11-27(31)29-13-14-30(43-29)28-12-10-26(20-32(28)42-18-6-2)38-40-34-16-8-24(4)22-36-34/h7-16,19-22H,5-6,17-18H2,1-4H3. The molecule has 2 aromatic carbocycles. The van der Waals surface area contributed by atoms with Gasteiger partial charge in [-0.05, 0) is 86.3 Å². The molecule has 3 heterocycles. The van der Waals surface area contributed by atoms with Gasteiger partial charge in [0.2, 0.25) is 0 Å². The van der Waals surface area contributed by atoms with Gasteiger partial charge >= 0.3 is 0 Å². The summed E-state index contributed by atoms with van der Waals surface area (Å²) in [6.45, 7) is 9.21. The third kappa shape index (κ3) is 7.77. The lowest BCUT2D eigenvalue weighted by atomic mass is 10.1. The molecule has 218 valence electrons. The SMILES string of the molecule is CCCOc1cc(N=Nc2ccc(C)cn2)ccc1-c1ccc(-c2ccc(N=Nc3ccc(C)cn3)cc2OCCC)o1. The summed E-state index contributed by atoms with van der Waals surface area (Å²) in [6.07, 6.45) is 5.26. The third-order valence-electron chi connectivity index (χ3n) is 6.32. The van der Waals surface area contributed by atoms with E-state index in [-0.39, 0.29) is 0 Å². The molecule has 0 spiro atoms. The van der Waals surface area contributed by atoms with Crippen LogP contribution in [-0.4, -0.2) is 23.2 Å². The molecule has 0 bridgehead atoms. The molecule has 0 saturated carbocycles. The Morgan fingerprint density at radius 1 is 0.581 bits per heavy atom. The van der Waals surface area contributed by atoms with Crippen LogP contribution >= 0.6 is 0 Å². The highest BCUT2D eigenvalue weighted by Crippen LogP contribution is 2.40. The van der Waals surface area contributed by atoms with Crippen LogP contribution in [0.4, 0.5) is 23.0 Å². The Morgan fingerprint density at radius 2 is 1.05 bits per heavy atom. The molecule has 3 aromatic heterocycles. The topological polar surface area (TPSA) is 107 Å². The molecule has 43 heavy (non-hydrogen) atoms. The molecule has 5 aromatic rings. The summed E-state index contributed by atoms with van der Waals surface area (Å²) in [4.78, 5) is 8.58. The predicted molar refractivity (Wildman–Crippen MR) is 167 cm³/mol. The summed E-state index contributed by atoms with van der Waals surface area (Å²) < 4.78 is 18.6. The fourth-order valence-corrected chi connectivity index (χ4v) is 4.10. The fraction of sp³-hybridized carbons (Fsp3) is 0.235. The molecule has 9 nitrogen and oxygen atoms in total. The molecule has 0 saturated heterocycles. The van der Waals surface area contributed by atoms with Gasteiger partial charge in [-0.15, -0.1) is 20.5 Å². The van der Waals surface area contributed by atoms with Gasteiger partial charge < -0.3 is 13.9 Å². The second kappa shape index (κ2) is 14.1. The molecule has 0 aliphatic rings. The van der Waals surface area contributed by atoms with Crippen molar-refractivity contribution in [3.63, 3.8) is 0 Å². The highest BCUT2D eigenvalue weighted by molar-refractivity contribution is 5.74. The van der Waals surface area contributed by atoms with Crippen molar-refractivity contribution in [3.05, 3.63) is 96.3 Å². The number of aromatic nitrogens is 2. The minimum Gasteiger partial charge on any atom is -0.493 e. The Hall–Kier alpha value is -5.18. The van der Waals surface area contributed by atoms with Gasteiger partial charge in [-0.25, -0.2) is 9.97 Å². The number of nitrogens with zero attached hydrogens (tertiary/aromatic N) is 6. The molecule has 0 fully saturated rings. The van der Waals surface area contributed by atoms with E-state index in [4.69, 9.17) is 13.9 Å². The monoisotopic (exact) mass is 574 g/mol. The van der Waals surface area contributed by atoms with Gasteiger partial charge in [-0.3, -0.25) is 0 Å². The average molecular weight is 575 g/mol. The van der Waals surface area contributed by atoms with Crippen LogP contribution in [0.3, 0.4) is 0 Å². The summed E-state index contributed by atoms with van der Waals surface area (Å²) >= 11 is 0. The molecule has 0 aliphatic heterocycles. The first-order valence-corrected chi connectivity index (χ1v) is 14.4. The van der Waals surface area contributed by atoms with Crippen LogP contribution < -0.4 is 9.47 Å². The molecule has 0 unspecified atom stereocenters. The van der Waals surface area contributed by atoms with E-state index < -0.39 is 0 Å². The van der Waals surface area contributed by atoms with E-state index in [1.54, 1.807) is 12.4 Å². The van der Waals surface area contributed by atoms with Crippen LogP contribution in [0.5, 0.6) is 11.5 Å². The minimum absolute atomic E-state index is 0.543. The molecule has 0 atom stereocenters. The zero-order valence-electron chi connectivity index (χ0n) is 24.8. The number of hydrogen-bond acceptors (Lipinski definition) is 9. The minimum atomic E-state index is 0.543. The average Bonchev–Trinajstić information content (AvgIpc) is 3.52. The van der Waals surface area contributed by atoms with E-state index in [0.717, 1.165) is 35.1 Å². The van der Waals surface area contributed by atoms with Crippen molar-refractivity contribution in [2.24, 2.45) is 20.5 Å². The van der Waals surface area contributed by atoms with Crippen molar-refractivity contribution in [2.75, 3.05) is 13.2 Å². The summed E-state index contributed by atoms with van der Waals surface area (Å²) in [5.41, 5.74) is 5.09. The molecule has 5 rings (SSSR count). The van der Waals surface area contributed by atoms with Crippen LogP contribution in [0.2, 0.25) is 0 Å². The number of furan rings is 1. The molecule has 0 amide bonds. The van der Waals surface area contributed by atoms with Gasteiger partial charge in [0.25, 0.3) is 0 Å². The fourth-order valence-electron chi connectivity index (χ4n) is 4.10. The second-order valence-corrected chi connectivity index (χ2v) is 10.0. The Balaban J connectivity index is 1.42. The van der Waals surface area contributed by atoms with Crippen LogP contribution in [-0.2, 0) is 0 Å². The zero-order chi connectivity index (χ0) is 30.0. The van der Waals surface area contributed by atoms with Crippen LogP contribution in [0.25, 0.3) is 22.6 Å². The van der Waals surface area contributed by atoms with E-state index in [9.17, 15) is 0 Å². The molecular formula is C34H34N6O3. The van der Waals surface area contributed by atoms with E-state index in [1.807, 2.05) is 86.6 Å². The van der Waals surface area contributed by atoms with E-state index in [1.165, 1.54) is 0 Å². The Kier molecular flexibility index (Phi) is 9.63. The quantitative estimate of drug-likeness (QED) is 0.138. The van der Waals surface area contributed by atoms with Crippen molar-refractivity contribution < 1.29 is 13.9 Å². The van der Waals surface area contributed by atoms with Gasteiger partial charge in [0, 0.05) is 24.5 Å². The highest BCUT2D eigenvalue weighted by Gasteiger charge is 2.16. The largest absolute Gasteiger partial charge is 0.493 e. The highest BCUT2D eigenvalue weighted by atomic mass is 16.5. The molecule has 0 N–H and O–H groups in total. The van der Waals surface area contributed by atoms with Crippen LogP contribution in [0, 0.1) is 13.8 Å². The number of benzene rings is 2. The van der Waals surface area contributed by atoms with Crippen molar-refractivity contribution in [1.29, 1.82) is 0 Å². The Labute approximate surface area is 251 Å². The van der Waals surface area contributed by atoms with Crippen molar-refractivity contribution in [2.45, 2.75) is 40.5 Å². The molecule has 9 heteroatoms. The second-order valence-electron chi connectivity index (χ2n) is 10.0. The van der Waals surface area contributed by atoms with Gasteiger partial charge in [0.1, 0.15) is 23.0 Å². The first kappa shape index (κ1) is 29.3. The lowest BCUT2D eigenvalue weighted by Gasteiger charge is -2.11. The van der Waals surface area contributed by atoms with Crippen molar-refractivity contribution >= 4 is 23.0 Å². The van der Waals surface area contributed by atoms with Gasteiger partial charge in [0.15, 0.2) is 11.6 Å². The summed E-state index contributed by atoms with van der Waals surface area (Å²) in [6, 6.07) is 22.8. The van der Waals surface area contributed by atoms with E-state index in [0.29, 0.717) is 59.2 Å². The lowest BCUT2D eigenvalue weighted by molar-refractivity contribution is 0.317. The predicted octanol–water partition coefficient (Wildman–Crippen LogP) is 10.4. The summed E-state index contributed by atoms with van der Waals surface area (Å²) in [5.74, 6) is 3.75. The molecule has 0 aliphatic carbocycles. The zero-order valence-corrected chi connectivity index (χ0v) is 24.8. The number of hydrogen-bond donors (Lipinski definition) is 0. The maximum absolute atomic E-state index is 6.37. The van der Waals surface area contributed by atoms with Gasteiger partial charge in [0.05, 0.1) is 35.7 Å². The Bertz CT molecular complexity index is 1580. The number of pyridine rings is 2. The van der Waals surface area contributed by atoms with Crippen LogP contribution in [0.15, 0.2) is 110 Å². The third-order valence-corrected chi connectivity index (χ3v) is 6.32. The maximum atomic E-state index is 6.37. The van der Waals surface area contributed by atoms with Crippen LogP contribution in [0.1, 0.15) is 37.8 Å². The van der Waals surface area contributed by atoms with Crippen molar-refractivity contribution in [1.82, 2.24) is 9.97 Å². The van der Waals surface area contributed by atoms with Gasteiger partial charge in [-0.2, -0.15) is 0 Å². The molecular weight excluding hydrogens is 540 g/mol. The summed E-state index contributed by atoms with van der Waals surface area (Å²) in [7, 11) is 0. The lowest BCUT2D eigenvalue weighted by Crippen LogP contribution is -1.97. The number of azo groups is 2. The number of rotatable bonds is 12.